The van der Waals surface area contributed by atoms with Crippen LogP contribution in [0.5, 0.6) is 0 Å². The molecule has 0 aromatic heterocycles. The summed E-state index contributed by atoms with van der Waals surface area (Å²) in [6, 6.07) is 0. The molecule has 1 aliphatic rings. The number of morpholine rings is 1. The van der Waals surface area contributed by atoms with Gasteiger partial charge in [-0.2, -0.15) is 0 Å². The van der Waals surface area contributed by atoms with Crippen LogP contribution in [0.3, 0.4) is 0 Å². The number of allylic oxidation sites excluding steroid dienone is 1. The molecule has 1 atom stereocenters. The van der Waals surface area contributed by atoms with Crippen molar-refractivity contribution >= 4 is 0 Å². The molecule has 88 valence electrons. The van der Waals surface area contributed by atoms with Gasteiger partial charge in [-0.05, 0) is 27.7 Å². The molecule has 1 unspecified atom stereocenters. The van der Waals surface area contributed by atoms with E-state index in [2.05, 4.69) is 39.1 Å². The Hall–Kier alpha value is -0.380. The second-order valence-electron chi connectivity index (χ2n) is 4.95. The van der Waals surface area contributed by atoms with Gasteiger partial charge in [0.1, 0.15) is 0 Å². The molecule has 1 aliphatic heterocycles. The van der Waals surface area contributed by atoms with Crippen molar-refractivity contribution in [1.29, 1.82) is 0 Å². The highest BCUT2D eigenvalue weighted by molar-refractivity contribution is 4.92. The zero-order chi connectivity index (χ0) is 11.3. The van der Waals surface area contributed by atoms with Gasteiger partial charge in [-0.1, -0.05) is 11.6 Å². The fourth-order valence-electron chi connectivity index (χ4n) is 1.59. The monoisotopic (exact) mass is 213 g/mol. The average Bonchev–Trinajstić information content (AvgIpc) is 2.10. The molecular weight excluding hydrogens is 190 g/mol. The quantitative estimate of drug-likeness (QED) is 0.570. The Labute approximate surface area is 92.8 Å². The van der Waals surface area contributed by atoms with E-state index in [9.17, 15) is 0 Å². The molecule has 15 heavy (non-hydrogen) atoms. The maximum absolute atomic E-state index is 5.87. The van der Waals surface area contributed by atoms with Crippen molar-refractivity contribution < 1.29 is 9.47 Å². The van der Waals surface area contributed by atoms with Crippen molar-refractivity contribution in [1.82, 2.24) is 5.32 Å². The molecule has 0 saturated carbocycles. The van der Waals surface area contributed by atoms with Crippen LogP contribution in [0, 0.1) is 0 Å². The van der Waals surface area contributed by atoms with E-state index in [1.54, 1.807) is 0 Å². The lowest BCUT2D eigenvalue weighted by atomic mass is 10.1. The van der Waals surface area contributed by atoms with E-state index in [-0.39, 0.29) is 11.7 Å². The smallest absolute Gasteiger partial charge is 0.0940 e. The van der Waals surface area contributed by atoms with Crippen molar-refractivity contribution in [3.8, 4) is 0 Å². The Balaban J connectivity index is 2.19. The van der Waals surface area contributed by atoms with E-state index < -0.39 is 0 Å². The SMILES string of the molecule is CC(C)=CCOCC1CNCC(C)(C)O1. The maximum atomic E-state index is 5.87. The Morgan fingerprint density at radius 3 is 2.87 bits per heavy atom. The van der Waals surface area contributed by atoms with E-state index in [1.165, 1.54) is 5.57 Å². The van der Waals surface area contributed by atoms with Gasteiger partial charge in [-0.25, -0.2) is 0 Å². The van der Waals surface area contributed by atoms with Gasteiger partial charge >= 0.3 is 0 Å². The first-order chi connectivity index (χ1) is 6.99. The molecule has 0 spiro atoms. The highest BCUT2D eigenvalue weighted by Crippen LogP contribution is 2.15. The first kappa shape index (κ1) is 12.7. The molecule has 1 heterocycles. The predicted octanol–water partition coefficient (Wildman–Crippen LogP) is 1.74. The fraction of sp³-hybridized carbons (Fsp3) is 0.833. The van der Waals surface area contributed by atoms with Crippen LogP contribution >= 0.6 is 0 Å². The van der Waals surface area contributed by atoms with Crippen LogP contribution < -0.4 is 5.32 Å². The minimum Gasteiger partial charge on any atom is -0.375 e. The van der Waals surface area contributed by atoms with Gasteiger partial charge in [0.15, 0.2) is 0 Å². The van der Waals surface area contributed by atoms with Crippen molar-refractivity contribution in [2.45, 2.75) is 39.4 Å². The summed E-state index contributed by atoms with van der Waals surface area (Å²) in [5, 5.41) is 3.35. The largest absolute Gasteiger partial charge is 0.375 e. The summed E-state index contributed by atoms with van der Waals surface area (Å²) in [6.07, 6.45) is 2.26. The molecular formula is C12H23NO2. The maximum Gasteiger partial charge on any atom is 0.0940 e. The van der Waals surface area contributed by atoms with Crippen LogP contribution in [-0.4, -0.2) is 38.0 Å². The van der Waals surface area contributed by atoms with Crippen LogP contribution in [0.2, 0.25) is 0 Å². The van der Waals surface area contributed by atoms with E-state index >= 15 is 0 Å². The molecule has 1 N–H and O–H groups in total. The second-order valence-corrected chi connectivity index (χ2v) is 4.95. The Morgan fingerprint density at radius 1 is 1.53 bits per heavy atom. The second kappa shape index (κ2) is 5.64. The van der Waals surface area contributed by atoms with Gasteiger partial charge in [-0.15, -0.1) is 0 Å². The molecule has 0 amide bonds. The zero-order valence-electron chi connectivity index (χ0n) is 10.3. The number of hydrogen-bond donors (Lipinski definition) is 1. The van der Waals surface area contributed by atoms with Crippen molar-refractivity contribution in [2.75, 3.05) is 26.3 Å². The van der Waals surface area contributed by atoms with E-state index in [4.69, 9.17) is 9.47 Å². The summed E-state index contributed by atoms with van der Waals surface area (Å²) < 4.78 is 11.4. The van der Waals surface area contributed by atoms with Gasteiger partial charge < -0.3 is 14.8 Å². The van der Waals surface area contributed by atoms with E-state index in [1.807, 2.05) is 0 Å². The minimum atomic E-state index is -0.0667. The summed E-state index contributed by atoms with van der Waals surface area (Å²) in [6.45, 7) is 11.5. The molecule has 1 rings (SSSR count). The summed E-state index contributed by atoms with van der Waals surface area (Å²) in [5.74, 6) is 0. The van der Waals surface area contributed by atoms with E-state index in [0.29, 0.717) is 13.2 Å². The van der Waals surface area contributed by atoms with Crippen molar-refractivity contribution in [3.63, 3.8) is 0 Å². The third-order valence-corrected chi connectivity index (χ3v) is 2.32. The van der Waals surface area contributed by atoms with Crippen LogP contribution in [0.1, 0.15) is 27.7 Å². The summed E-state index contributed by atoms with van der Waals surface area (Å²) >= 11 is 0. The molecule has 1 fully saturated rings. The minimum absolute atomic E-state index is 0.0667. The summed E-state index contributed by atoms with van der Waals surface area (Å²) in [5.41, 5.74) is 1.22. The lowest BCUT2D eigenvalue weighted by molar-refractivity contribution is -0.118. The predicted molar refractivity (Wildman–Crippen MR) is 62.1 cm³/mol. The highest BCUT2D eigenvalue weighted by Gasteiger charge is 2.27. The standard InChI is InChI=1S/C12H23NO2/c1-10(2)5-6-14-8-11-7-13-9-12(3,4)15-11/h5,11,13H,6-9H2,1-4H3. The normalized spacial score (nSPS) is 24.9. The lowest BCUT2D eigenvalue weighted by Crippen LogP contribution is -2.51. The number of ether oxygens (including phenoxy) is 2. The molecule has 0 bridgehead atoms. The lowest BCUT2D eigenvalue weighted by Gasteiger charge is -2.36. The average molecular weight is 213 g/mol. The number of nitrogens with one attached hydrogen (secondary N) is 1. The molecule has 0 aromatic carbocycles. The van der Waals surface area contributed by atoms with Crippen LogP contribution in [0.25, 0.3) is 0 Å². The van der Waals surface area contributed by atoms with Gasteiger partial charge in [0, 0.05) is 13.1 Å². The molecule has 1 saturated heterocycles. The summed E-state index contributed by atoms with van der Waals surface area (Å²) in [4.78, 5) is 0. The fourth-order valence-corrected chi connectivity index (χ4v) is 1.59. The van der Waals surface area contributed by atoms with Crippen LogP contribution in [0.15, 0.2) is 11.6 Å². The number of rotatable bonds is 4. The molecule has 0 aliphatic carbocycles. The van der Waals surface area contributed by atoms with Crippen molar-refractivity contribution in [3.05, 3.63) is 11.6 Å². The topological polar surface area (TPSA) is 30.5 Å². The van der Waals surface area contributed by atoms with E-state index in [0.717, 1.165) is 13.1 Å². The first-order valence-electron chi connectivity index (χ1n) is 5.59. The highest BCUT2D eigenvalue weighted by atomic mass is 16.5. The van der Waals surface area contributed by atoms with Gasteiger partial charge in [0.05, 0.1) is 24.9 Å². The first-order valence-corrected chi connectivity index (χ1v) is 5.59. The van der Waals surface area contributed by atoms with Gasteiger partial charge in [-0.3, -0.25) is 0 Å². The summed E-state index contributed by atoms with van der Waals surface area (Å²) in [7, 11) is 0. The molecule has 3 nitrogen and oxygen atoms in total. The van der Waals surface area contributed by atoms with Crippen LogP contribution in [0.4, 0.5) is 0 Å². The molecule has 3 heteroatoms. The van der Waals surface area contributed by atoms with Crippen molar-refractivity contribution in [2.24, 2.45) is 0 Å². The Morgan fingerprint density at radius 2 is 2.27 bits per heavy atom. The van der Waals surface area contributed by atoms with Gasteiger partial charge in [0.2, 0.25) is 0 Å². The third kappa shape index (κ3) is 5.30. The molecule has 0 aromatic rings. The van der Waals surface area contributed by atoms with Crippen LogP contribution in [-0.2, 0) is 9.47 Å². The Kier molecular flexibility index (Phi) is 4.77. The van der Waals surface area contributed by atoms with Gasteiger partial charge in [0.25, 0.3) is 0 Å². The number of hydrogen-bond acceptors (Lipinski definition) is 3. The Bertz CT molecular complexity index is 220. The molecule has 0 radical (unpaired) electrons. The third-order valence-electron chi connectivity index (χ3n) is 2.32. The zero-order valence-corrected chi connectivity index (χ0v) is 10.3.